The zero-order chi connectivity index (χ0) is 23.9. The van der Waals surface area contributed by atoms with Crippen molar-refractivity contribution < 1.29 is 19.0 Å². The molecule has 34 heavy (non-hydrogen) atoms. The van der Waals surface area contributed by atoms with Crippen molar-refractivity contribution in [2.45, 2.75) is 0 Å². The number of hydrogen-bond donors (Lipinski definition) is 2. The van der Waals surface area contributed by atoms with Crippen LogP contribution in [0.25, 0.3) is 11.3 Å². The first kappa shape index (κ1) is 22.5. The van der Waals surface area contributed by atoms with Crippen molar-refractivity contribution in [3.63, 3.8) is 0 Å². The second kappa shape index (κ2) is 10.3. The van der Waals surface area contributed by atoms with Gasteiger partial charge in [-0.25, -0.2) is 9.97 Å². The summed E-state index contributed by atoms with van der Waals surface area (Å²) in [7, 11) is 4.51. The van der Waals surface area contributed by atoms with Gasteiger partial charge in [0, 0.05) is 41.1 Å². The average Bonchev–Trinajstić information content (AvgIpc) is 2.88. The van der Waals surface area contributed by atoms with E-state index in [1.807, 2.05) is 30.3 Å². The van der Waals surface area contributed by atoms with Crippen molar-refractivity contribution in [2.75, 3.05) is 32.0 Å². The summed E-state index contributed by atoms with van der Waals surface area (Å²) >= 11 is 0. The number of nitrogens with zero attached hydrogens (tertiary/aromatic N) is 3. The highest BCUT2D eigenvalue weighted by Crippen LogP contribution is 2.38. The first-order valence-electron chi connectivity index (χ1n) is 10.3. The molecule has 0 saturated heterocycles. The van der Waals surface area contributed by atoms with E-state index in [-0.39, 0.29) is 5.91 Å². The number of methoxy groups -OCH3 is 3. The molecule has 9 nitrogen and oxygen atoms in total. The maximum atomic E-state index is 12.9. The second-order valence-electron chi connectivity index (χ2n) is 7.08. The molecule has 0 atom stereocenters. The van der Waals surface area contributed by atoms with Gasteiger partial charge in [-0.05, 0) is 48.5 Å². The minimum absolute atomic E-state index is 0.327. The summed E-state index contributed by atoms with van der Waals surface area (Å²) < 4.78 is 16.0. The molecule has 2 N–H and O–H groups in total. The molecule has 2 heterocycles. The lowest BCUT2D eigenvalue weighted by Crippen LogP contribution is -2.12. The molecular weight excluding hydrogens is 434 g/mol. The molecule has 0 radical (unpaired) electrons. The molecule has 2 aromatic heterocycles. The minimum atomic E-state index is -0.327. The molecular formula is C25H23N5O4. The lowest BCUT2D eigenvalue weighted by molar-refractivity contribution is 0.102. The number of benzene rings is 2. The maximum absolute atomic E-state index is 12.9. The quantitative estimate of drug-likeness (QED) is 0.397. The van der Waals surface area contributed by atoms with Crippen LogP contribution in [-0.2, 0) is 0 Å². The Balaban J connectivity index is 1.52. The average molecular weight is 457 g/mol. The van der Waals surface area contributed by atoms with Crippen LogP contribution in [-0.4, -0.2) is 42.2 Å². The van der Waals surface area contributed by atoms with E-state index in [4.69, 9.17) is 14.2 Å². The number of amides is 1. The first-order valence-corrected chi connectivity index (χ1v) is 10.3. The fraction of sp³-hybridized carbons (Fsp3) is 0.120. The van der Waals surface area contributed by atoms with Gasteiger partial charge < -0.3 is 24.8 Å². The van der Waals surface area contributed by atoms with E-state index in [1.54, 1.807) is 42.9 Å². The van der Waals surface area contributed by atoms with Crippen molar-refractivity contribution in [1.82, 2.24) is 15.0 Å². The Labute approximate surface area is 196 Å². The van der Waals surface area contributed by atoms with Crippen molar-refractivity contribution in [3.05, 3.63) is 78.8 Å². The number of hydrogen-bond acceptors (Lipinski definition) is 8. The second-order valence-corrected chi connectivity index (χ2v) is 7.08. The molecule has 9 heteroatoms. The summed E-state index contributed by atoms with van der Waals surface area (Å²) in [6.07, 6.45) is 5.11. The van der Waals surface area contributed by atoms with Gasteiger partial charge in [-0.3, -0.25) is 9.78 Å². The topological polar surface area (TPSA) is 107 Å². The van der Waals surface area contributed by atoms with Crippen LogP contribution in [0.1, 0.15) is 10.4 Å². The van der Waals surface area contributed by atoms with Gasteiger partial charge in [0.15, 0.2) is 11.5 Å². The summed E-state index contributed by atoms with van der Waals surface area (Å²) in [5, 5.41) is 6.06. The van der Waals surface area contributed by atoms with Gasteiger partial charge in [0.25, 0.3) is 5.91 Å². The number of nitrogens with one attached hydrogen (secondary N) is 2. The van der Waals surface area contributed by atoms with E-state index in [2.05, 4.69) is 25.6 Å². The fourth-order valence-electron chi connectivity index (χ4n) is 3.32. The summed E-state index contributed by atoms with van der Waals surface area (Å²) in [6.45, 7) is 0. The number of carbonyl (C=O) groups excluding carboxylic acids is 1. The van der Waals surface area contributed by atoms with Gasteiger partial charge in [0.1, 0.15) is 0 Å². The molecule has 0 aliphatic rings. The lowest BCUT2D eigenvalue weighted by Gasteiger charge is -2.14. The highest BCUT2D eigenvalue weighted by atomic mass is 16.5. The predicted octanol–water partition coefficient (Wildman–Crippen LogP) is 4.56. The highest BCUT2D eigenvalue weighted by molar-refractivity contribution is 6.05. The number of anilines is 3. The third-order valence-corrected chi connectivity index (χ3v) is 4.94. The number of pyridine rings is 1. The normalized spacial score (nSPS) is 10.3. The van der Waals surface area contributed by atoms with Gasteiger partial charge in [-0.2, -0.15) is 0 Å². The smallest absolute Gasteiger partial charge is 0.255 e. The zero-order valence-corrected chi connectivity index (χ0v) is 18.9. The zero-order valence-electron chi connectivity index (χ0n) is 18.9. The SMILES string of the molecule is COc1cc(C(=O)Nc2cccc(Nc3nccc(-c4ccncc4)n3)c2)cc(OC)c1OC. The van der Waals surface area contributed by atoms with Crippen molar-refractivity contribution in [1.29, 1.82) is 0 Å². The minimum Gasteiger partial charge on any atom is -0.493 e. The third kappa shape index (κ3) is 5.04. The Morgan fingerprint density at radius 2 is 1.53 bits per heavy atom. The van der Waals surface area contributed by atoms with E-state index >= 15 is 0 Å². The van der Waals surface area contributed by atoms with E-state index in [0.29, 0.717) is 34.4 Å². The van der Waals surface area contributed by atoms with E-state index in [9.17, 15) is 4.79 Å². The van der Waals surface area contributed by atoms with Crippen LogP contribution in [0.15, 0.2) is 73.2 Å². The van der Waals surface area contributed by atoms with Crippen molar-refractivity contribution >= 4 is 23.2 Å². The van der Waals surface area contributed by atoms with Crippen LogP contribution in [0.2, 0.25) is 0 Å². The van der Waals surface area contributed by atoms with Gasteiger partial charge in [-0.15, -0.1) is 0 Å². The molecule has 0 saturated carbocycles. The monoisotopic (exact) mass is 457 g/mol. The van der Waals surface area contributed by atoms with Gasteiger partial charge in [0.05, 0.1) is 27.0 Å². The molecule has 1 amide bonds. The third-order valence-electron chi connectivity index (χ3n) is 4.94. The Morgan fingerprint density at radius 1 is 0.824 bits per heavy atom. The van der Waals surface area contributed by atoms with Crippen LogP contribution < -0.4 is 24.8 Å². The predicted molar refractivity (Wildman–Crippen MR) is 129 cm³/mol. The van der Waals surface area contributed by atoms with Crippen LogP contribution in [0, 0.1) is 0 Å². The summed E-state index contributed by atoms with van der Waals surface area (Å²) in [4.78, 5) is 25.8. The molecule has 172 valence electrons. The highest BCUT2D eigenvalue weighted by Gasteiger charge is 2.17. The molecule has 0 bridgehead atoms. The molecule has 0 unspecified atom stereocenters. The molecule has 0 aliphatic heterocycles. The summed E-state index contributed by atoms with van der Waals surface area (Å²) in [6, 6.07) is 16.0. The largest absolute Gasteiger partial charge is 0.493 e. The van der Waals surface area contributed by atoms with E-state index < -0.39 is 0 Å². The number of ether oxygens (including phenoxy) is 3. The standard InChI is InChI=1S/C25H23N5O4/c1-32-21-13-17(14-22(33-2)23(21)34-3)24(31)28-18-5-4-6-19(15-18)29-25-27-12-9-20(30-25)16-7-10-26-11-8-16/h4-15H,1-3H3,(H,28,31)(H,27,29,30). The Hall–Kier alpha value is -4.66. The Bertz CT molecular complexity index is 1270. The first-order chi connectivity index (χ1) is 16.6. The van der Waals surface area contributed by atoms with Gasteiger partial charge in [0.2, 0.25) is 11.7 Å². The van der Waals surface area contributed by atoms with Gasteiger partial charge in [-0.1, -0.05) is 6.07 Å². The fourth-order valence-corrected chi connectivity index (χ4v) is 3.32. The lowest BCUT2D eigenvalue weighted by atomic mass is 10.1. The van der Waals surface area contributed by atoms with Crippen LogP contribution >= 0.6 is 0 Å². The summed E-state index contributed by atoms with van der Waals surface area (Å²) in [5.41, 5.74) is 3.38. The Morgan fingerprint density at radius 3 is 2.21 bits per heavy atom. The van der Waals surface area contributed by atoms with Gasteiger partial charge >= 0.3 is 0 Å². The number of rotatable bonds is 8. The van der Waals surface area contributed by atoms with Crippen molar-refractivity contribution in [2.24, 2.45) is 0 Å². The van der Waals surface area contributed by atoms with Crippen molar-refractivity contribution in [3.8, 4) is 28.5 Å². The van der Waals surface area contributed by atoms with Crippen LogP contribution in [0.3, 0.4) is 0 Å². The summed E-state index contributed by atoms with van der Waals surface area (Å²) in [5.74, 6) is 1.32. The molecule has 0 spiro atoms. The van der Waals surface area contributed by atoms with E-state index in [0.717, 1.165) is 16.9 Å². The molecule has 4 rings (SSSR count). The molecule has 4 aromatic rings. The molecule has 2 aromatic carbocycles. The molecule has 0 fully saturated rings. The Kier molecular flexibility index (Phi) is 6.83. The maximum Gasteiger partial charge on any atom is 0.255 e. The van der Waals surface area contributed by atoms with E-state index in [1.165, 1.54) is 21.3 Å². The number of aromatic nitrogens is 3. The number of carbonyl (C=O) groups is 1. The van der Waals surface area contributed by atoms with Crippen LogP contribution in [0.4, 0.5) is 17.3 Å². The molecule has 0 aliphatic carbocycles. The van der Waals surface area contributed by atoms with Crippen LogP contribution in [0.5, 0.6) is 17.2 Å².